The first kappa shape index (κ1) is 25.1. The minimum absolute atomic E-state index is 0. The van der Waals surface area contributed by atoms with Crippen LogP contribution in [-0.4, -0.2) is 91.0 Å². The van der Waals surface area contributed by atoms with Gasteiger partial charge in [0.2, 0.25) is 5.91 Å². The third-order valence-electron chi connectivity index (χ3n) is 5.74. The van der Waals surface area contributed by atoms with Gasteiger partial charge in [-0.15, -0.1) is 24.8 Å². The zero-order valence-corrected chi connectivity index (χ0v) is 18.5. The molecule has 28 heavy (non-hydrogen) atoms. The molecule has 2 saturated heterocycles. The highest BCUT2D eigenvalue weighted by atomic mass is 35.5. The van der Waals surface area contributed by atoms with E-state index in [-0.39, 0.29) is 24.8 Å². The Bertz CT molecular complexity index is 549. The molecule has 0 aliphatic carbocycles. The van der Waals surface area contributed by atoms with E-state index in [1.54, 1.807) is 0 Å². The van der Waals surface area contributed by atoms with Crippen LogP contribution in [0, 0.1) is 0 Å². The number of carbonyl (C=O) groups excluding carboxylic acids is 1. The SMILES string of the molecule is CN(CCC(=O)N1CCNCC1)C1CCN(CCc2ccccn2)CC1.Cl.Cl. The Kier molecular flexibility index (Phi) is 12.0. The third-order valence-corrected chi connectivity index (χ3v) is 5.74. The largest absolute Gasteiger partial charge is 0.340 e. The zero-order chi connectivity index (χ0) is 18.2. The molecule has 0 saturated carbocycles. The predicted octanol–water partition coefficient (Wildman–Crippen LogP) is 1.69. The van der Waals surface area contributed by atoms with Gasteiger partial charge in [0.05, 0.1) is 0 Å². The van der Waals surface area contributed by atoms with Crippen molar-refractivity contribution in [1.29, 1.82) is 0 Å². The minimum atomic E-state index is 0. The van der Waals surface area contributed by atoms with Crippen molar-refractivity contribution in [3.05, 3.63) is 30.1 Å². The Labute approximate surface area is 181 Å². The quantitative estimate of drug-likeness (QED) is 0.711. The molecule has 0 radical (unpaired) electrons. The molecule has 0 unspecified atom stereocenters. The van der Waals surface area contributed by atoms with Crippen LogP contribution in [0.15, 0.2) is 24.4 Å². The standard InChI is InChI=1S/C20H33N5O.2ClH/c1-23(12-8-20(26)25-16-10-21-11-17-25)19-6-14-24(15-7-19)13-5-18-4-2-3-9-22-18;;/h2-4,9,19,21H,5-8,10-17H2,1H3;2*1H. The lowest BCUT2D eigenvalue weighted by atomic mass is 10.0. The predicted molar refractivity (Wildman–Crippen MR) is 119 cm³/mol. The van der Waals surface area contributed by atoms with Crippen molar-refractivity contribution in [2.45, 2.75) is 31.7 Å². The van der Waals surface area contributed by atoms with Crippen LogP contribution in [0.3, 0.4) is 0 Å². The van der Waals surface area contributed by atoms with Crippen LogP contribution >= 0.6 is 24.8 Å². The molecule has 1 N–H and O–H groups in total. The Hall–Kier alpha value is -0.920. The molecule has 3 heterocycles. The molecule has 0 atom stereocenters. The second kappa shape index (κ2) is 13.3. The molecular formula is C20H35Cl2N5O. The third kappa shape index (κ3) is 7.84. The minimum Gasteiger partial charge on any atom is -0.340 e. The van der Waals surface area contributed by atoms with E-state index >= 15 is 0 Å². The average Bonchev–Trinajstić information content (AvgIpc) is 2.72. The van der Waals surface area contributed by atoms with Gasteiger partial charge in [-0.25, -0.2) is 0 Å². The number of likely N-dealkylation sites (tertiary alicyclic amines) is 1. The fraction of sp³-hybridized carbons (Fsp3) is 0.700. The number of piperidine rings is 1. The van der Waals surface area contributed by atoms with E-state index in [9.17, 15) is 4.79 Å². The summed E-state index contributed by atoms with van der Waals surface area (Å²) in [6.45, 7) is 7.84. The van der Waals surface area contributed by atoms with Gasteiger partial charge in [-0.2, -0.15) is 0 Å². The van der Waals surface area contributed by atoms with E-state index in [0.29, 0.717) is 18.4 Å². The van der Waals surface area contributed by atoms with E-state index < -0.39 is 0 Å². The molecule has 0 bridgehead atoms. The molecule has 0 spiro atoms. The zero-order valence-electron chi connectivity index (χ0n) is 16.9. The van der Waals surface area contributed by atoms with Crippen LogP contribution in [0.1, 0.15) is 25.0 Å². The number of hydrogen-bond acceptors (Lipinski definition) is 5. The topological polar surface area (TPSA) is 51.7 Å². The smallest absolute Gasteiger partial charge is 0.223 e. The number of amides is 1. The van der Waals surface area contributed by atoms with Crippen molar-refractivity contribution in [3.63, 3.8) is 0 Å². The van der Waals surface area contributed by atoms with Crippen molar-refractivity contribution >= 4 is 30.7 Å². The fourth-order valence-electron chi connectivity index (χ4n) is 3.93. The molecule has 1 aromatic rings. The van der Waals surface area contributed by atoms with Crippen molar-refractivity contribution in [3.8, 4) is 0 Å². The Morgan fingerprint density at radius 3 is 2.54 bits per heavy atom. The Morgan fingerprint density at radius 1 is 1.18 bits per heavy atom. The molecule has 2 fully saturated rings. The van der Waals surface area contributed by atoms with Crippen LogP contribution in [0.5, 0.6) is 0 Å². The maximum absolute atomic E-state index is 12.3. The van der Waals surface area contributed by atoms with Crippen LogP contribution in [0.4, 0.5) is 0 Å². The molecule has 3 rings (SSSR count). The van der Waals surface area contributed by atoms with Gasteiger partial charge < -0.3 is 20.0 Å². The van der Waals surface area contributed by atoms with E-state index in [2.05, 4.69) is 39.3 Å². The average molecular weight is 432 g/mol. The Balaban J connectivity index is 0.00000196. The number of carbonyl (C=O) groups is 1. The van der Waals surface area contributed by atoms with Gasteiger partial charge in [0, 0.05) is 70.0 Å². The van der Waals surface area contributed by atoms with Gasteiger partial charge in [0.1, 0.15) is 0 Å². The second-order valence-corrected chi connectivity index (χ2v) is 7.51. The monoisotopic (exact) mass is 431 g/mol. The summed E-state index contributed by atoms with van der Waals surface area (Å²) in [4.78, 5) is 23.7. The van der Waals surface area contributed by atoms with Crippen LogP contribution in [-0.2, 0) is 11.2 Å². The van der Waals surface area contributed by atoms with Crippen LogP contribution < -0.4 is 5.32 Å². The van der Waals surface area contributed by atoms with Crippen molar-refractivity contribution in [2.24, 2.45) is 0 Å². The summed E-state index contributed by atoms with van der Waals surface area (Å²) >= 11 is 0. The van der Waals surface area contributed by atoms with E-state index in [0.717, 1.165) is 58.8 Å². The van der Waals surface area contributed by atoms with Crippen LogP contribution in [0.2, 0.25) is 0 Å². The van der Waals surface area contributed by atoms with E-state index in [4.69, 9.17) is 0 Å². The number of nitrogens with one attached hydrogen (secondary N) is 1. The highest BCUT2D eigenvalue weighted by molar-refractivity contribution is 5.85. The molecule has 160 valence electrons. The van der Waals surface area contributed by atoms with Gasteiger partial charge in [-0.3, -0.25) is 9.78 Å². The molecule has 8 heteroatoms. The first-order valence-electron chi connectivity index (χ1n) is 10.0. The normalized spacial score (nSPS) is 18.4. The van der Waals surface area contributed by atoms with Crippen molar-refractivity contribution < 1.29 is 4.79 Å². The molecular weight excluding hydrogens is 397 g/mol. The van der Waals surface area contributed by atoms with Crippen molar-refractivity contribution in [2.75, 3.05) is 59.4 Å². The van der Waals surface area contributed by atoms with E-state index in [1.807, 2.05) is 17.2 Å². The highest BCUT2D eigenvalue weighted by Gasteiger charge is 2.23. The summed E-state index contributed by atoms with van der Waals surface area (Å²) in [5, 5.41) is 3.30. The maximum Gasteiger partial charge on any atom is 0.223 e. The summed E-state index contributed by atoms with van der Waals surface area (Å²) in [6.07, 6.45) is 5.94. The number of nitrogens with zero attached hydrogens (tertiary/aromatic N) is 4. The molecule has 0 aromatic carbocycles. The lowest BCUT2D eigenvalue weighted by molar-refractivity contribution is -0.132. The Morgan fingerprint density at radius 2 is 1.89 bits per heavy atom. The van der Waals surface area contributed by atoms with Gasteiger partial charge in [0.25, 0.3) is 0 Å². The molecule has 1 amide bonds. The maximum atomic E-state index is 12.3. The molecule has 2 aliphatic rings. The lowest BCUT2D eigenvalue weighted by Gasteiger charge is -2.37. The molecule has 2 aliphatic heterocycles. The fourth-order valence-corrected chi connectivity index (χ4v) is 3.93. The first-order valence-corrected chi connectivity index (χ1v) is 10.0. The van der Waals surface area contributed by atoms with Gasteiger partial charge >= 0.3 is 0 Å². The summed E-state index contributed by atoms with van der Waals surface area (Å²) in [6, 6.07) is 6.75. The van der Waals surface area contributed by atoms with Crippen LogP contribution in [0.25, 0.3) is 0 Å². The summed E-state index contributed by atoms with van der Waals surface area (Å²) in [5.74, 6) is 0.311. The number of rotatable bonds is 7. The van der Waals surface area contributed by atoms with E-state index in [1.165, 1.54) is 18.5 Å². The molecule has 1 aromatic heterocycles. The summed E-state index contributed by atoms with van der Waals surface area (Å²) in [5.41, 5.74) is 1.18. The number of hydrogen-bond donors (Lipinski definition) is 1. The number of halogens is 2. The lowest BCUT2D eigenvalue weighted by Crippen LogP contribution is -2.48. The van der Waals surface area contributed by atoms with Gasteiger partial charge in [0.15, 0.2) is 0 Å². The second-order valence-electron chi connectivity index (χ2n) is 7.51. The number of aromatic nitrogens is 1. The summed E-state index contributed by atoms with van der Waals surface area (Å²) < 4.78 is 0. The number of piperazine rings is 1. The van der Waals surface area contributed by atoms with Gasteiger partial charge in [-0.1, -0.05) is 6.07 Å². The highest BCUT2D eigenvalue weighted by Crippen LogP contribution is 2.16. The first-order chi connectivity index (χ1) is 12.7. The molecule has 6 nitrogen and oxygen atoms in total. The van der Waals surface area contributed by atoms with Crippen molar-refractivity contribution in [1.82, 2.24) is 25.0 Å². The summed E-state index contributed by atoms with van der Waals surface area (Å²) in [7, 11) is 2.18. The number of pyridine rings is 1. The van der Waals surface area contributed by atoms with Gasteiger partial charge in [-0.05, 0) is 45.1 Å².